The normalized spacial score (nSPS) is 12.8. The van der Waals surface area contributed by atoms with E-state index in [1.165, 1.54) is 10.6 Å². The molecule has 3 heteroatoms. The molecule has 0 fully saturated rings. The van der Waals surface area contributed by atoms with E-state index >= 15 is 0 Å². The van der Waals surface area contributed by atoms with Crippen LogP contribution in [0.1, 0.15) is 5.56 Å². The van der Waals surface area contributed by atoms with Crippen molar-refractivity contribution in [2.24, 2.45) is 5.16 Å². The second-order valence-electron chi connectivity index (χ2n) is 6.15. The monoisotopic (exact) mass is 335 g/mol. The Bertz CT molecular complexity index is 762. The Morgan fingerprint density at radius 3 is 1.58 bits per heavy atom. The molecule has 0 heterocycles. The minimum atomic E-state index is -2.06. The molecular weight excluding hydrogens is 313 g/mol. The molecule has 122 valence electrons. The third kappa shape index (κ3) is 3.39. The van der Waals surface area contributed by atoms with Gasteiger partial charge in [0.1, 0.15) is 0 Å². The second kappa shape index (κ2) is 7.42. The third-order valence-corrected chi connectivity index (χ3v) is 8.83. The molecule has 0 aliphatic rings. The Kier molecular flexibility index (Phi) is 5.08. The van der Waals surface area contributed by atoms with Crippen molar-refractivity contribution in [3.63, 3.8) is 0 Å². The molecule has 0 atom stereocenters. The van der Waals surface area contributed by atoms with Crippen molar-refractivity contribution in [1.82, 2.24) is 0 Å². The summed E-state index contributed by atoms with van der Waals surface area (Å²) in [5, 5.41) is 16.0. The zero-order valence-corrected chi connectivity index (χ0v) is 14.8. The number of oxime groups is 1. The van der Waals surface area contributed by atoms with Crippen molar-refractivity contribution in [3.05, 3.63) is 96.6 Å². The Morgan fingerprint density at radius 1 is 0.750 bits per heavy atom. The molecule has 2 nitrogen and oxygen atoms in total. The van der Waals surface area contributed by atoms with Crippen LogP contribution >= 0.6 is 7.26 Å². The Balaban J connectivity index is 2.06. The van der Waals surface area contributed by atoms with Gasteiger partial charge in [0.15, 0.2) is 0 Å². The van der Waals surface area contributed by atoms with E-state index in [-0.39, 0.29) is 0 Å². The number of rotatable bonds is 5. The van der Waals surface area contributed by atoms with Gasteiger partial charge in [0.2, 0.25) is 0 Å². The van der Waals surface area contributed by atoms with E-state index in [9.17, 15) is 5.21 Å². The van der Waals surface area contributed by atoms with Crippen LogP contribution in [0.3, 0.4) is 0 Å². The van der Waals surface area contributed by atoms with Gasteiger partial charge in [-0.2, -0.15) is 0 Å². The fourth-order valence-corrected chi connectivity index (χ4v) is 6.69. The first-order valence-corrected chi connectivity index (χ1v) is 10.8. The fraction of sp³-hybridized carbons (Fsp3) is 0.0952. The van der Waals surface area contributed by atoms with Crippen molar-refractivity contribution in [1.29, 1.82) is 0 Å². The first-order chi connectivity index (χ1) is 11.7. The number of hydrogen-bond acceptors (Lipinski definition) is 2. The molecule has 0 radical (unpaired) electrons. The standard InChI is InChI=1S/C21H22NOP/c1-24(19-13-7-3-8-14-19,20-15-9-4-10-16-20)17-21(22-23)18-11-5-2-6-12-18/h2-16,23-24H,17H2,1H3. The number of nitrogens with zero attached hydrogens (tertiary/aromatic N) is 1. The van der Waals surface area contributed by atoms with Crippen LogP contribution in [0.5, 0.6) is 0 Å². The summed E-state index contributed by atoms with van der Waals surface area (Å²) in [7, 11) is -2.06. The van der Waals surface area contributed by atoms with E-state index in [4.69, 9.17) is 0 Å². The number of benzene rings is 3. The third-order valence-electron chi connectivity index (χ3n) is 4.57. The maximum absolute atomic E-state index is 9.65. The quantitative estimate of drug-likeness (QED) is 0.326. The summed E-state index contributed by atoms with van der Waals surface area (Å²) in [5.41, 5.74) is 1.73. The van der Waals surface area contributed by atoms with E-state index in [1.54, 1.807) is 0 Å². The van der Waals surface area contributed by atoms with E-state index in [1.807, 2.05) is 42.5 Å². The Hall–Kier alpha value is -2.44. The summed E-state index contributed by atoms with van der Waals surface area (Å²) in [5.74, 6) is 0. The Labute approximate surface area is 143 Å². The fourth-order valence-electron chi connectivity index (χ4n) is 3.14. The summed E-state index contributed by atoms with van der Waals surface area (Å²) in [4.78, 5) is 0. The molecule has 0 spiro atoms. The van der Waals surface area contributed by atoms with Crippen LogP contribution in [-0.4, -0.2) is 23.7 Å². The van der Waals surface area contributed by atoms with Gasteiger partial charge in [0, 0.05) is 0 Å². The minimum absolute atomic E-state index is 0.748. The Morgan fingerprint density at radius 2 is 1.17 bits per heavy atom. The topological polar surface area (TPSA) is 32.6 Å². The van der Waals surface area contributed by atoms with Gasteiger partial charge in [-0.1, -0.05) is 0 Å². The van der Waals surface area contributed by atoms with Crippen LogP contribution in [0.4, 0.5) is 0 Å². The average molecular weight is 335 g/mol. The van der Waals surface area contributed by atoms with E-state index in [2.05, 4.69) is 60.4 Å². The summed E-state index contributed by atoms with van der Waals surface area (Å²) in [6.07, 6.45) is 0.752. The van der Waals surface area contributed by atoms with Gasteiger partial charge in [0.25, 0.3) is 0 Å². The predicted molar refractivity (Wildman–Crippen MR) is 106 cm³/mol. The first-order valence-electron chi connectivity index (χ1n) is 8.11. The molecule has 0 amide bonds. The molecule has 24 heavy (non-hydrogen) atoms. The van der Waals surface area contributed by atoms with Gasteiger partial charge in [-0.15, -0.1) is 0 Å². The molecular formula is C21H22NOP. The molecule has 3 rings (SSSR count). The second-order valence-corrected chi connectivity index (χ2v) is 10.3. The van der Waals surface area contributed by atoms with Gasteiger partial charge in [-0.3, -0.25) is 0 Å². The molecule has 3 aromatic rings. The van der Waals surface area contributed by atoms with Crippen LogP contribution in [0.15, 0.2) is 96.2 Å². The average Bonchev–Trinajstić information content (AvgIpc) is 2.68. The SMILES string of the molecule is C[PH](CC(=NO)c1ccccc1)(c1ccccc1)c1ccccc1. The summed E-state index contributed by atoms with van der Waals surface area (Å²) >= 11 is 0. The van der Waals surface area contributed by atoms with Crippen LogP contribution in [-0.2, 0) is 0 Å². The summed E-state index contributed by atoms with van der Waals surface area (Å²) < 4.78 is 0. The molecule has 0 aromatic heterocycles. The van der Waals surface area contributed by atoms with Crippen molar-refractivity contribution in [2.75, 3.05) is 12.8 Å². The molecule has 0 saturated carbocycles. The van der Waals surface area contributed by atoms with Crippen molar-refractivity contribution < 1.29 is 5.21 Å². The molecule has 0 bridgehead atoms. The van der Waals surface area contributed by atoms with E-state index in [0.717, 1.165) is 17.4 Å². The van der Waals surface area contributed by atoms with E-state index < -0.39 is 7.26 Å². The molecule has 0 unspecified atom stereocenters. The van der Waals surface area contributed by atoms with Gasteiger partial charge in [-0.25, -0.2) is 0 Å². The molecule has 1 N–H and O–H groups in total. The molecule has 3 aromatic carbocycles. The zero-order chi connectivity index (χ0) is 16.8. The molecule has 0 aliphatic carbocycles. The molecule has 0 aliphatic heterocycles. The zero-order valence-electron chi connectivity index (χ0n) is 13.8. The summed E-state index contributed by atoms with van der Waals surface area (Å²) in [6.45, 7) is 2.34. The first kappa shape index (κ1) is 16.4. The van der Waals surface area contributed by atoms with Crippen molar-refractivity contribution >= 4 is 23.6 Å². The predicted octanol–water partition coefficient (Wildman–Crippen LogP) is 3.90. The van der Waals surface area contributed by atoms with Crippen LogP contribution in [0.2, 0.25) is 0 Å². The van der Waals surface area contributed by atoms with Gasteiger partial charge in [0.05, 0.1) is 0 Å². The maximum atomic E-state index is 9.65. The van der Waals surface area contributed by atoms with Crippen molar-refractivity contribution in [2.45, 2.75) is 0 Å². The summed E-state index contributed by atoms with van der Waals surface area (Å²) in [6, 6.07) is 31.1. The van der Waals surface area contributed by atoms with Crippen LogP contribution < -0.4 is 10.6 Å². The van der Waals surface area contributed by atoms with Gasteiger partial charge in [-0.05, 0) is 0 Å². The van der Waals surface area contributed by atoms with Crippen LogP contribution in [0, 0.1) is 0 Å². The van der Waals surface area contributed by atoms with Crippen LogP contribution in [0.25, 0.3) is 0 Å². The number of hydrogen-bond donors (Lipinski definition) is 1. The van der Waals surface area contributed by atoms with Gasteiger partial charge >= 0.3 is 143 Å². The van der Waals surface area contributed by atoms with Gasteiger partial charge < -0.3 is 0 Å². The van der Waals surface area contributed by atoms with E-state index in [0.29, 0.717) is 0 Å². The molecule has 0 saturated heterocycles. The van der Waals surface area contributed by atoms with Crippen molar-refractivity contribution in [3.8, 4) is 0 Å².